The first-order valence-corrected chi connectivity index (χ1v) is 4.64. The summed E-state index contributed by atoms with van der Waals surface area (Å²) < 4.78 is 10.4. The molecule has 0 atom stereocenters. The number of aryl methyl sites for hydroxylation is 1. The molecule has 0 unspecified atom stereocenters. The highest BCUT2D eigenvalue weighted by Crippen LogP contribution is 2.28. The van der Waals surface area contributed by atoms with E-state index in [1.54, 1.807) is 14.2 Å². The zero-order chi connectivity index (χ0) is 10.6. The highest BCUT2D eigenvalue weighted by molar-refractivity contribution is 5.46. The normalized spacial score (nSPS) is 10.0. The van der Waals surface area contributed by atoms with E-state index >= 15 is 0 Å². The fourth-order valence-electron chi connectivity index (χ4n) is 1.52. The molecule has 0 saturated heterocycles. The second-order valence-corrected chi connectivity index (χ2v) is 3.16. The topological polar surface area (TPSA) is 44.5 Å². The molecule has 1 aromatic rings. The van der Waals surface area contributed by atoms with E-state index < -0.39 is 0 Å². The van der Waals surface area contributed by atoms with Crippen molar-refractivity contribution in [3.63, 3.8) is 0 Å². The summed E-state index contributed by atoms with van der Waals surface area (Å²) in [6.07, 6.45) is 0.832. The Balaban J connectivity index is 3.13. The summed E-state index contributed by atoms with van der Waals surface area (Å²) in [5, 5.41) is 0. The van der Waals surface area contributed by atoms with E-state index in [0.717, 1.165) is 29.0 Å². The molecule has 0 radical (unpaired) electrons. The lowest BCUT2D eigenvalue weighted by Crippen LogP contribution is -2.06. The molecule has 0 aliphatic carbocycles. The smallest absolute Gasteiger partial charge is 0.126 e. The van der Waals surface area contributed by atoms with Gasteiger partial charge in [0.15, 0.2) is 0 Å². The number of hydrogen-bond donors (Lipinski definition) is 1. The van der Waals surface area contributed by atoms with Crippen molar-refractivity contribution in [1.29, 1.82) is 0 Å². The van der Waals surface area contributed by atoms with Crippen LogP contribution in [0.4, 0.5) is 0 Å². The summed E-state index contributed by atoms with van der Waals surface area (Å²) in [5.41, 5.74) is 7.86. The van der Waals surface area contributed by atoms with Gasteiger partial charge in [0.25, 0.3) is 0 Å². The molecular formula is C11H17NO2. The second kappa shape index (κ2) is 4.86. The highest BCUT2D eigenvalue weighted by atomic mass is 16.5. The Morgan fingerprint density at radius 1 is 1.21 bits per heavy atom. The van der Waals surface area contributed by atoms with Crippen LogP contribution in [0.15, 0.2) is 12.1 Å². The number of methoxy groups -OCH3 is 2. The van der Waals surface area contributed by atoms with Crippen LogP contribution in [0.3, 0.4) is 0 Å². The Morgan fingerprint density at radius 2 is 1.93 bits per heavy atom. The average Bonchev–Trinajstić information content (AvgIpc) is 2.20. The largest absolute Gasteiger partial charge is 0.497 e. The van der Waals surface area contributed by atoms with E-state index in [4.69, 9.17) is 15.2 Å². The lowest BCUT2D eigenvalue weighted by Gasteiger charge is -2.12. The summed E-state index contributed by atoms with van der Waals surface area (Å²) in [5.74, 6) is 1.67. The maximum atomic E-state index is 5.54. The van der Waals surface area contributed by atoms with Crippen molar-refractivity contribution in [1.82, 2.24) is 0 Å². The molecule has 2 N–H and O–H groups in total. The minimum Gasteiger partial charge on any atom is -0.497 e. The molecule has 0 aliphatic heterocycles. The summed E-state index contributed by atoms with van der Waals surface area (Å²) in [6.45, 7) is 2.67. The summed E-state index contributed by atoms with van der Waals surface area (Å²) in [6, 6.07) is 3.88. The van der Waals surface area contributed by atoms with Crippen molar-refractivity contribution in [2.75, 3.05) is 20.8 Å². The average molecular weight is 195 g/mol. The summed E-state index contributed by atoms with van der Waals surface area (Å²) in [7, 11) is 3.31. The standard InChI is InChI=1S/C11H17NO2/c1-8-6-9(13-2)7-11(14-3)10(8)4-5-12/h6-7H,4-5,12H2,1-3H3. The van der Waals surface area contributed by atoms with E-state index in [0.29, 0.717) is 6.54 Å². The minimum absolute atomic E-state index is 0.629. The molecule has 1 rings (SSSR count). The SMILES string of the molecule is COc1cc(C)c(CCN)c(OC)c1. The first-order chi connectivity index (χ1) is 6.72. The van der Waals surface area contributed by atoms with Gasteiger partial charge in [-0.2, -0.15) is 0 Å². The Hall–Kier alpha value is -1.22. The Bertz CT molecular complexity index is 310. The van der Waals surface area contributed by atoms with Gasteiger partial charge < -0.3 is 15.2 Å². The van der Waals surface area contributed by atoms with Crippen LogP contribution >= 0.6 is 0 Å². The number of rotatable bonds is 4. The van der Waals surface area contributed by atoms with Gasteiger partial charge in [0.2, 0.25) is 0 Å². The third kappa shape index (κ3) is 2.17. The first kappa shape index (κ1) is 10.9. The van der Waals surface area contributed by atoms with Crippen LogP contribution in [0.25, 0.3) is 0 Å². The zero-order valence-electron chi connectivity index (χ0n) is 8.96. The lowest BCUT2D eigenvalue weighted by molar-refractivity contribution is 0.390. The van der Waals surface area contributed by atoms with E-state index in [2.05, 4.69) is 0 Å². The van der Waals surface area contributed by atoms with E-state index in [9.17, 15) is 0 Å². The van der Waals surface area contributed by atoms with Crippen LogP contribution in [-0.2, 0) is 6.42 Å². The van der Waals surface area contributed by atoms with Gasteiger partial charge in [-0.25, -0.2) is 0 Å². The van der Waals surface area contributed by atoms with Crippen molar-refractivity contribution >= 4 is 0 Å². The van der Waals surface area contributed by atoms with Gasteiger partial charge in [-0.05, 0) is 37.1 Å². The number of hydrogen-bond acceptors (Lipinski definition) is 3. The molecule has 0 aromatic heterocycles. The third-order valence-corrected chi connectivity index (χ3v) is 2.26. The van der Waals surface area contributed by atoms with Gasteiger partial charge in [-0.1, -0.05) is 0 Å². The molecule has 14 heavy (non-hydrogen) atoms. The minimum atomic E-state index is 0.629. The first-order valence-electron chi connectivity index (χ1n) is 4.64. The summed E-state index contributed by atoms with van der Waals surface area (Å²) in [4.78, 5) is 0. The van der Waals surface area contributed by atoms with Crippen LogP contribution in [-0.4, -0.2) is 20.8 Å². The molecule has 1 aromatic carbocycles. The predicted molar refractivity (Wildman–Crippen MR) is 57.0 cm³/mol. The monoisotopic (exact) mass is 195 g/mol. The molecule has 0 saturated carbocycles. The van der Waals surface area contributed by atoms with E-state index in [-0.39, 0.29) is 0 Å². The Kier molecular flexibility index (Phi) is 3.77. The van der Waals surface area contributed by atoms with Crippen molar-refractivity contribution in [2.45, 2.75) is 13.3 Å². The van der Waals surface area contributed by atoms with Gasteiger partial charge in [0.1, 0.15) is 11.5 Å². The molecule has 3 nitrogen and oxygen atoms in total. The van der Waals surface area contributed by atoms with Crippen molar-refractivity contribution in [2.24, 2.45) is 5.73 Å². The molecule has 0 heterocycles. The highest BCUT2D eigenvalue weighted by Gasteiger charge is 2.08. The third-order valence-electron chi connectivity index (χ3n) is 2.26. The molecule has 0 fully saturated rings. The maximum Gasteiger partial charge on any atom is 0.126 e. The van der Waals surface area contributed by atoms with Crippen LogP contribution in [0, 0.1) is 6.92 Å². The lowest BCUT2D eigenvalue weighted by atomic mass is 10.0. The molecule has 0 spiro atoms. The Labute approximate surface area is 84.8 Å². The van der Waals surface area contributed by atoms with Gasteiger partial charge in [0.05, 0.1) is 14.2 Å². The van der Waals surface area contributed by atoms with Crippen LogP contribution in [0.2, 0.25) is 0 Å². The second-order valence-electron chi connectivity index (χ2n) is 3.16. The number of ether oxygens (including phenoxy) is 2. The van der Waals surface area contributed by atoms with Gasteiger partial charge in [0, 0.05) is 6.07 Å². The van der Waals surface area contributed by atoms with E-state index in [1.165, 1.54) is 0 Å². The van der Waals surface area contributed by atoms with Gasteiger partial charge >= 0.3 is 0 Å². The predicted octanol–water partition coefficient (Wildman–Crippen LogP) is 1.51. The van der Waals surface area contributed by atoms with Crippen LogP contribution in [0.5, 0.6) is 11.5 Å². The number of nitrogens with two attached hydrogens (primary N) is 1. The van der Waals surface area contributed by atoms with Crippen LogP contribution < -0.4 is 15.2 Å². The molecule has 0 bridgehead atoms. The molecule has 78 valence electrons. The van der Waals surface area contributed by atoms with Crippen molar-refractivity contribution in [3.05, 3.63) is 23.3 Å². The zero-order valence-corrected chi connectivity index (χ0v) is 8.96. The molecule has 3 heteroatoms. The van der Waals surface area contributed by atoms with Crippen molar-refractivity contribution in [3.8, 4) is 11.5 Å². The van der Waals surface area contributed by atoms with Crippen molar-refractivity contribution < 1.29 is 9.47 Å². The quantitative estimate of drug-likeness (QED) is 0.792. The Morgan fingerprint density at radius 3 is 2.43 bits per heavy atom. The number of benzene rings is 1. The van der Waals surface area contributed by atoms with Gasteiger partial charge in [-0.3, -0.25) is 0 Å². The summed E-state index contributed by atoms with van der Waals surface area (Å²) >= 11 is 0. The molecule has 0 amide bonds. The maximum absolute atomic E-state index is 5.54. The van der Waals surface area contributed by atoms with E-state index in [1.807, 2.05) is 19.1 Å². The fraction of sp³-hybridized carbons (Fsp3) is 0.455. The molecule has 0 aliphatic rings. The van der Waals surface area contributed by atoms with Crippen LogP contribution in [0.1, 0.15) is 11.1 Å². The fourth-order valence-corrected chi connectivity index (χ4v) is 1.52. The molecular weight excluding hydrogens is 178 g/mol. The van der Waals surface area contributed by atoms with Gasteiger partial charge in [-0.15, -0.1) is 0 Å².